The van der Waals surface area contributed by atoms with Gasteiger partial charge in [0, 0.05) is 0 Å². The highest BCUT2D eigenvalue weighted by Gasteiger charge is 2.36. The van der Waals surface area contributed by atoms with Crippen molar-refractivity contribution in [3.05, 3.63) is 59.7 Å². The Balaban J connectivity index is 1.86. The number of anilines is 1. The molecule has 0 saturated carbocycles. The summed E-state index contributed by atoms with van der Waals surface area (Å²) in [6.07, 6.45) is 0.997. The lowest BCUT2D eigenvalue weighted by atomic mass is 9.96. The van der Waals surface area contributed by atoms with Crippen LogP contribution in [0.15, 0.2) is 48.5 Å². The molecule has 2 aromatic rings. The van der Waals surface area contributed by atoms with E-state index in [2.05, 4.69) is 19.2 Å². The van der Waals surface area contributed by atoms with Gasteiger partial charge in [-0.2, -0.15) is 0 Å². The minimum absolute atomic E-state index is 0.0513. The predicted octanol–water partition coefficient (Wildman–Crippen LogP) is 3.43. The molecule has 0 aromatic heterocycles. The number of carbonyl (C=O) groups is 1. The number of nitrogens with one attached hydrogen (secondary N) is 1. The average molecular weight is 417 g/mol. The van der Waals surface area contributed by atoms with Crippen molar-refractivity contribution in [3.63, 3.8) is 0 Å². The second-order valence-corrected chi connectivity index (χ2v) is 9.88. The lowest BCUT2D eigenvalue weighted by Crippen LogP contribution is -2.51. The maximum Gasteiger partial charge on any atom is 0.263 e. The average Bonchev–Trinajstić information content (AvgIpc) is 2.66. The Kier molecular flexibility index (Phi) is 6.17. The van der Waals surface area contributed by atoms with Crippen LogP contribution in [0, 0.1) is 12.8 Å². The molecule has 1 heterocycles. The van der Waals surface area contributed by atoms with E-state index in [1.54, 1.807) is 12.1 Å². The summed E-state index contributed by atoms with van der Waals surface area (Å²) < 4.78 is 31.9. The molecule has 0 bridgehead atoms. The highest BCUT2D eigenvalue weighted by molar-refractivity contribution is 7.92. The number of nitrogens with zero attached hydrogens (tertiary/aromatic N) is 1. The molecule has 2 atom stereocenters. The number of benzene rings is 2. The van der Waals surface area contributed by atoms with Crippen LogP contribution in [0.4, 0.5) is 5.69 Å². The summed E-state index contributed by atoms with van der Waals surface area (Å²) in [5.41, 5.74) is 2.41. The van der Waals surface area contributed by atoms with Gasteiger partial charge in [-0.05, 0) is 42.5 Å². The summed E-state index contributed by atoms with van der Waals surface area (Å²) in [5, 5.41) is 3.06. The Morgan fingerprint density at radius 3 is 2.52 bits per heavy atom. The standard InChI is InChI=1S/C22H28N2O4S/c1-15(2)12-18(17-8-6-5-7-9-17)23-22(25)21-14-24(29(4,26)27)19-13-16(3)10-11-20(19)28-21/h5-11,13,15,18,21H,12,14H2,1-4H3,(H,23,25)/t18-,21-/m1/s1. The SMILES string of the molecule is Cc1ccc2c(c1)N(S(C)(=O)=O)C[C@H](C(=O)N[C@H](CC(C)C)c1ccccc1)O2. The first-order valence-corrected chi connectivity index (χ1v) is 11.6. The summed E-state index contributed by atoms with van der Waals surface area (Å²) in [7, 11) is -3.55. The molecular weight excluding hydrogens is 388 g/mol. The van der Waals surface area contributed by atoms with E-state index in [1.165, 1.54) is 4.31 Å². The normalized spacial score (nSPS) is 17.4. The first-order chi connectivity index (χ1) is 13.6. The van der Waals surface area contributed by atoms with Gasteiger partial charge in [0.2, 0.25) is 10.0 Å². The van der Waals surface area contributed by atoms with Crippen molar-refractivity contribution in [2.75, 3.05) is 17.1 Å². The minimum atomic E-state index is -3.55. The predicted molar refractivity (Wildman–Crippen MR) is 115 cm³/mol. The van der Waals surface area contributed by atoms with Crippen LogP contribution in [-0.4, -0.2) is 33.2 Å². The van der Waals surface area contributed by atoms with E-state index in [0.717, 1.165) is 23.8 Å². The van der Waals surface area contributed by atoms with E-state index in [4.69, 9.17) is 4.74 Å². The molecule has 1 aliphatic heterocycles. The maximum atomic E-state index is 13.1. The van der Waals surface area contributed by atoms with Crippen LogP contribution in [0.5, 0.6) is 5.75 Å². The fourth-order valence-electron chi connectivity index (χ4n) is 3.51. The molecule has 0 aliphatic carbocycles. The first-order valence-electron chi connectivity index (χ1n) is 9.75. The van der Waals surface area contributed by atoms with E-state index in [1.807, 2.05) is 43.3 Å². The van der Waals surface area contributed by atoms with Gasteiger partial charge in [0.05, 0.1) is 24.5 Å². The fourth-order valence-corrected chi connectivity index (χ4v) is 4.42. The topological polar surface area (TPSA) is 75.7 Å². The number of sulfonamides is 1. The van der Waals surface area contributed by atoms with Gasteiger partial charge in [-0.3, -0.25) is 9.10 Å². The molecule has 1 amide bonds. The van der Waals surface area contributed by atoms with Crippen molar-refractivity contribution in [2.45, 2.75) is 39.3 Å². The maximum absolute atomic E-state index is 13.1. The van der Waals surface area contributed by atoms with Crippen LogP contribution in [0.3, 0.4) is 0 Å². The molecule has 6 nitrogen and oxygen atoms in total. The summed E-state index contributed by atoms with van der Waals surface area (Å²) in [6.45, 7) is 6.03. The molecule has 0 saturated heterocycles. The number of rotatable bonds is 6. The number of aryl methyl sites for hydroxylation is 1. The molecule has 0 fully saturated rings. The quantitative estimate of drug-likeness (QED) is 0.783. The van der Waals surface area contributed by atoms with E-state index in [-0.39, 0.29) is 18.5 Å². The molecule has 0 spiro atoms. The van der Waals surface area contributed by atoms with Gasteiger partial charge in [-0.25, -0.2) is 8.42 Å². The van der Waals surface area contributed by atoms with Crippen molar-refractivity contribution < 1.29 is 17.9 Å². The molecule has 1 aliphatic rings. The number of carbonyl (C=O) groups excluding carboxylic acids is 1. The summed E-state index contributed by atoms with van der Waals surface area (Å²) >= 11 is 0. The van der Waals surface area contributed by atoms with Gasteiger partial charge >= 0.3 is 0 Å². The molecule has 29 heavy (non-hydrogen) atoms. The van der Waals surface area contributed by atoms with Crippen LogP contribution in [0.25, 0.3) is 0 Å². The van der Waals surface area contributed by atoms with Crippen LogP contribution in [-0.2, 0) is 14.8 Å². The number of hydrogen-bond donors (Lipinski definition) is 1. The van der Waals surface area contributed by atoms with Crippen LogP contribution >= 0.6 is 0 Å². The third-order valence-electron chi connectivity index (χ3n) is 4.90. The molecule has 2 aromatic carbocycles. The van der Waals surface area contributed by atoms with Crippen LogP contribution < -0.4 is 14.4 Å². The Bertz CT molecular complexity index is 974. The smallest absolute Gasteiger partial charge is 0.263 e. The number of ether oxygens (including phenoxy) is 1. The zero-order valence-corrected chi connectivity index (χ0v) is 18.1. The summed E-state index contributed by atoms with van der Waals surface area (Å²) in [6, 6.07) is 14.9. The molecule has 0 radical (unpaired) electrons. The molecule has 1 N–H and O–H groups in total. The second kappa shape index (κ2) is 8.45. The minimum Gasteiger partial charge on any atom is -0.476 e. The van der Waals surface area contributed by atoms with E-state index in [0.29, 0.717) is 17.4 Å². The van der Waals surface area contributed by atoms with Gasteiger partial charge in [0.1, 0.15) is 5.75 Å². The molecular formula is C22H28N2O4S. The summed E-state index contributed by atoms with van der Waals surface area (Å²) in [5.74, 6) is 0.455. The van der Waals surface area contributed by atoms with Gasteiger partial charge in [0.15, 0.2) is 6.10 Å². The Morgan fingerprint density at radius 1 is 1.21 bits per heavy atom. The van der Waals surface area contributed by atoms with Crippen molar-refractivity contribution in [3.8, 4) is 5.75 Å². The number of fused-ring (bicyclic) bond motifs is 1. The number of amides is 1. The monoisotopic (exact) mass is 416 g/mol. The Morgan fingerprint density at radius 2 is 1.90 bits per heavy atom. The van der Waals surface area contributed by atoms with E-state index < -0.39 is 16.1 Å². The molecule has 0 unspecified atom stereocenters. The second-order valence-electron chi connectivity index (χ2n) is 7.97. The molecule has 7 heteroatoms. The zero-order valence-electron chi connectivity index (χ0n) is 17.3. The van der Waals surface area contributed by atoms with Crippen LogP contribution in [0.1, 0.15) is 37.4 Å². The third kappa shape index (κ3) is 5.09. The lowest BCUT2D eigenvalue weighted by molar-refractivity contribution is -0.128. The van der Waals surface area contributed by atoms with Gasteiger partial charge in [-0.15, -0.1) is 0 Å². The third-order valence-corrected chi connectivity index (χ3v) is 6.05. The van der Waals surface area contributed by atoms with Crippen LogP contribution in [0.2, 0.25) is 0 Å². The Labute approximate surface area is 172 Å². The van der Waals surface area contributed by atoms with Gasteiger partial charge in [0.25, 0.3) is 5.91 Å². The fraction of sp³-hybridized carbons (Fsp3) is 0.409. The Hall–Kier alpha value is -2.54. The van der Waals surface area contributed by atoms with E-state index >= 15 is 0 Å². The van der Waals surface area contributed by atoms with Crippen molar-refractivity contribution in [1.82, 2.24) is 5.32 Å². The highest BCUT2D eigenvalue weighted by Crippen LogP contribution is 2.36. The first kappa shape index (κ1) is 21.2. The molecule has 156 valence electrons. The number of hydrogen-bond acceptors (Lipinski definition) is 4. The van der Waals surface area contributed by atoms with Gasteiger partial charge in [-0.1, -0.05) is 50.2 Å². The molecule has 3 rings (SSSR count). The van der Waals surface area contributed by atoms with Crippen molar-refractivity contribution >= 4 is 21.6 Å². The highest BCUT2D eigenvalue weighted by atomic mass is 32.2. The van der Waals surface area contributed by atoms with E-state index in [9.17, 15) is 13.2 Å². The summed E-state index contributed by atoms with van der Waals surface area (Å²) in [4.78, 5) is 13.1. The zero-order chi connectivity index (χ0) is 21.2. The van der Waals surface area contributed by atoms with Gasteiger partial charge < -0.3 is 10.1 Å². The van der Waals surface area contributed by atoms with Crippen molar-refractivity contribution in [1.29, 1.82) is 0 Å². The van der Waals surface area contributed by atoms with Crippen molar-refractivity contribution in [2.24, 2.45) is 5.92 Å². The largest absolute Gasteiger partial charge is 0.476 e. The lowest BCUT2D eigenvalue weighted by Gasteiger charge is -2.35.